The Morgan fingerprint density at radius 1 is 1.11 bits per heavy atom. The van der Waals surface area contributed by atoms with Crippen LogP contribution in [0.25, 0.3) is 10.2 Å². The molecule has 10 heteroatoms. The highest BCUT2D eigenvalue weighted by molar-refractivity contribution is 7.22. The first-order chi connectivity index (χ1) is 17.9. The first-order valence-electron chi connectivity index (χ1n) is 11.5. The first-order valence-corrected chi connectivity index (χ1v) is 12.3. The summed E-state index contributed by atoms with van der Waals surface area (Å²) in [5.74, 6) is -1.03. The van der Waals surface area contributed by atoms with Crippen LogP contribution in [0.2, 0.25) is 0 Å². The number of fused-ring (bicyclic) bond motifs is 1. The second kappa shape index (κ2) is 9.62. The summed E-state index contributed by atoms with van der Waals surface area (Å²) in [6, 6.07) is 11.2. The van der Waals surface area contributed by atoms with E-state index in [1.54, 1.807) is 18.2 Å². The van der Waals surface area contributed by atoms with Crippen molar-refractivity contribution in [2.24, 2.45) is 0 Å². The number of carbonyl (C=O) groups is 2. The lowest BCUT2D eigenvalue weighted by atomic mass is 9.94. The van der Waals surface area contributed by atoms with Crippen molar-refractivity contribution in [1.82, 2.24) is 4.98 Å². The van der Waals surface area contributed by atoms with E-state index in [9.17, 15) is 14.7 Å². The third-order valence-electron chi connectivity index (χ3n) is 6.26. The van der Waals surface area contributed by atoms with Crippen LogP contribution in [0, 0.1) is 0 Å². The fourth-order valence-electron chi connectivity index (χ4n) is 4.43. The van der Waals surface area contributed by atoms with Gasteiger partial charge in [-0.2, -0.15) is 0 Å². The number of furan rings is 1. The Morgan fingerprint density at radius 3 is 2.43 bits per heavy atom. The number of carbonyl (C=O) groups excluding carboxylic acids is 2. The predicted octanol–water partition coefficient (Wildman–Crippen LogP) is 5.26. The van der Waals surface area contributed by atoms with E-state index in [4.69, 9.17) is 18.6 Å². The molecule has 37 heavy (non-hydrogen) atoms. The number of aryl methyl sites for hydroxylation is 1. The lowest BCUT2D eigenvalue weighted by Gasteiger charge is -2.25. The molecule has 2 aromatic carbocycles. The Labute approximate surface area is 216 Å². The van der Waals surface area contributed by atoms with Crippen LogP contribution in [-0.2, 0) is 11.2 Å². The highest BCUT2D eigenvalue weighted by Gasteiger charge is 2.47. The van der Waals surface area contributed by atoms with E-state index >= 15 is 0 Å². The standard InChI is InChI=1S/C27H24N2O7S/c1-5-14-8-9-16-20(11-14)37-27(28-16)29-22(15-12-18(33-2)25(35-4)19(13-15)34-3)21(24(31)26(29)32)23(30)17-7-6-10-36-17/h6-13,22,31H,5H2,1-4H3. The zero-order valence-electron chi connectivity index (χ0n) is 20.6. The van der Waals surface area contributed by atoms with Gasteiger partial charge in [0.1, 0.15) is 0 Å². The maximum atomic E-state index is 13.5. The van der Waals surface area contributed by atoms with E-state index in [2.05, 4.69) is 11.9 Å². The molecule has 190 valence electrons. The van der Waals surface area contributed by atoms with Gasteiger partial charge in [0.15, 0.2) is 28.1 Å². The minimum absolute atomic E-state index is 0.00877. The Kier molecular flexibility index (Phi) is 6.34. The summed E-state index contributed by atoms with van der Waals surface area (Å²) in [7, 11) is 4.42. The van der Waals surface area contributed by atoms with Crippen LogP contribution in [0.1, 0.15) is 34.6 Å². The number of anilines is 1. The third-order valence-corrected chi connectivity index (χ3v) is 7.27. The van der Waals surface area contributed by atoms with Crippen molar-refractivity contribution >= 4 is 38.4 Å². The number of rotatable bonds is 8. The van der Waals surface area contributed by atoms with Crippen molar-refractivity contribution in [3.63, 3.8) is 0 Å². The SMILES string of the molecule is CCc1ccc2nc(N3C(=O)C(O)=C(C(=O)c4ccco4)C3c3cc(OC)c(OC)c(OC)c3)sc2c1. The molecule has 9 nitrogen and oxygen atoms in total. The summed E-state index contributed by atoms with van der Waals surface area (Å²) in [5.41, 5.74) is 2.16. The van der Waals surface area contributed by atoms with Crippen molar-refractivity contribution in [2.75, 3.05) is 26.2 Å². The normalized spacial score (nSPS) is 15.5. The number of benzene rings is 2. The fourth-order valence-corrected chi connectivity index (χ4v) is 5.49. The number of nitrogens with zero attached hydrogens (tertiary/aromatic N) is 2. The zero-order chi connectivity index (χ0) is 26.3. The van der Waals surface area contributed by atoms with Crippen LogP contribution in [0.3, 0.4) is 0 Å². The molecule has 1 N–H and O–H groups in total. The molecule has 0 aliphatic carbocycles. The highest BCUT2D eigenvalue weighted by Crippen LogP contribution is 2.48. The van der Waals surface area contributed by atoms with Gasteiger partial charge >= 0.3 is 0 Å². The molecule has 0 spiro atoms. The van der Waals surface area contributed by atoms with Crippen LogP contribution in [-0.4, -0.2) is 43.1 Å². The van der Waals surface area contributed by atoms with Crippen LogP contribution >= 0.6 is 11.3 Å². The van der Waals surface area contributed by atoms with Crippen LogP contribution in [0.4, 0.5) is 5.13 Å². The minimum atomic E-state index is -1.04. The Balaban J connectivity index is 1.73. The molecule has 3 heterocycles. The number of aliphatic hydroxyl groups is 1. The lowest BCUT2D eigenvalue weighted by Crippen LogP contribution is -2.31. The lowest BCUT2D eigenvalue weighted by molar-refractivity contribution is -0.117. The number of ketones is 1. The second-order valence-corrected chi connectivity index (χ2v) is 9.27. The van der Waals surface area contributed by atoms with E-state index < -0.39 is 23.5 Å². The molecule has 1 unspecified atom stereocenters. The summed E-state index contributed by atoms with van der Waals surface area (Å²) >= 11 is 1.30. The van der Waals surface area contributed by atoms with Crippen molar-refractivity contribution in [3.05, 3.63) is 76.9 Å². The van der Waals surface area contributed by atoms with E-state index in [0.29, 0.717) is 33.5 Å². The number of methoxy groups -OCH3 is 3. The fraction of sp³-hybridized carbons (Fsp3) is 0.222. The predicted molar refractivity (Wildman–Crippen MR) is 138 cm³/mol. The van der Waals surface area contributed by atoms with Crippen molar-refractivity contribution in [1.29, 1.82) is 0 Å². The topological polar surface area (TPSA) is 111 Å². The van der Waals surface area contributed by atoms with Gasteiger partial charge in [-0.3, -0.25) is 14.5 Å². The summed E-state index contributed by atoms with van der Waals surface area (Å²) in [4.78, 5) is 33.0. The molecule has 1 aliphatic rings. The largest absolute Gasteiger partial charge is 0.503 e. The molecule has 4 aromatic rings. The van der Waals surface area contributed by atoms with E-state index in [1.807, 2.05) is 18.2 Å². The van der Waals surface area contributed by atoms with Gasteiger partial charge in [-0.15, -0.1) is 0 Å². The van der Waals surface area contributed by atoms with Crippen LogP contribution in [0.5, 0.6) is 17.2 Å². The molecule has 0 saturated heterocycles. The molecule has 1 atom stereocenters. The van der Waals surface area contributed by atoms with Crippen molar-refractivity contribution in [2.45, 2.75) is 19.4 Å². The van der Waals surface area contributed by atoms with Gasteiger partial charge in [0.25, 0.3) is 5.91 Å². The van der Waals surface area contributed by atoms with Crippen LogP contribution in [0.15, 0.2) is 64.5 Å². The second-order valence-electron chi connectivity index (χ2n) is 8.26. The number of Topliss-reactive ketones (excluding diaryl/α,β-unsaturated/α-hetero) is 1. The molecule has 1 aliphatic heterocycles. The number of hydrogen-bond acceptors (Lipinski definition) is 9. The van der Waals surface area contributed by atoms with Crippen LogP contribution < -0.4 is 19.1 Å². The van der Waals surface area contributed by atoms with Gasteiger partial charge in [-0.05, 0) is 53.9 Å². The van der Waals surface area contributed by atoms with E-state index in [1.165, 1.54) is 49.9 Å². The molecule has 0 bridgehead atoms. The molecule has 0 radical (unpaired) electrons. The molecule has 1 amide bonds. The minimum Gasteiger partial charge on any atom is -0.503 e. The van der Waals surface area contributed by atoms with Gasteiger partial charge < -0.3 is 23.7 Å². The average Bonchev–Trinajstić information content (AvgIpc) is 3.65. The Bertz CT molecular complexity index is 1510. The molecule has 5 rings (SSSR count). The molecular weight excluding hydrogens is 496 g/mol. The maximum absolute atomic E-state index is 13.5. The van der Waals surface area contributed by atoms with Gasteiger partial charge in [0.05, 0.1) is 49.4 Å². The summed E-state index contributed by atoms with van der Waals surface area (Å²) in [6.07, 6.45) is 2.21. The number of amides is 1. The smallest absolute Gasteiger partial charge is 0.296 e. The van der Waals surface area contributed by atoms with Crippen molar-refractivity contribution < 1.29 is 33.3 Å². The molecule has 0 saturated carbocycles. The molecule has 0 fully saturated rings. The third kappa shape index (κ3) is 3.99. The number of thiazole rings is 1. The summed E-state index contributed by atoms with van der Waals surface area (Å²) < 4.78 is 22.7. The monoisotopic (exact) mass is 520 g/mol. The highest BCUT2D eigenvalue weighted by atomic mass is 32.1. The summed E-state index contributed by atoms with van der Waals surface area (Å²) in [6.45, 7) is 2.06. The molecule has 2 aromatic heterocycles. The Hall–Kier alpha value is -4.31. The van der Waals surface area contributed by atoms with Gasteiger partial charge in [-0.1, -0.05) is 24.3 Å². The number of aliphatic hydroxyl groups excluding tert-OH is 1. The van der Waals surface area contributed by atoms with E-state index in [-0.39, 0.29) is 11.3 Å². The van der Waals surface area contributed by atoms with Gasteiger partial charge in [0.2, 0.25) is 11.5 Å². The van der Waals surface area contributed by atoms with E-state index in [0.717, 1.165) is 16.7 Å². The van der Waals surface area contributed by atoms with Gasteiger partial charge in [-0.25, -0.2) is 4.98 Å². The number of aromatic nitrogens is 1. The maximum Gasteiger partial charge on any atom is 0.296 e. The average molecular weight is 521 g/mol. The summed E-state index contributed by atoms with van der Waals surface area (Å²) in [5, 5.41) is 11.4. The first kappa shape index (κ1) is 24.4. The number of ether oxygens (including phenoxy) is 3. The quantitative estimate of drug-likeness (QED) is 0.313. The van der Waals surface area contributed by atoms with Gasteiger partial charge in [0, 0.05) is 0 Å². The zero-order valence-corrected chi connectivity index (χ0v) is 21.4. The molecular formula is C27H24N2O7S. The van der Waals surface area contributed by atoms with Crippen molar-refractivity contribution in [3.8, 4) is 17.2 Å². The Morgan fingerprint density at radius 2 is 1.84 bits per heavy atom. The number of hydrogen-bond donors (Lipinski definition) is 1.